The molecule has 0 aromatic carbocycles. The molecule has 0 radical (unpaired) electrons. The van der Waals surface area contributed by atoms with Gasteiger partial charge in [0.25, 0.3) is 0 Å². The highest BCUT2D eigenvalue weighted by Gasteiger charge is 2.46. The molecule has 0 heterocycles. The summed E-state index contributed by atoms with van der Waals surface area (Å²) in [5, 5.41) is -4.23. The molecule has 2 fully saturated rings. The summed E-state index contributed by atoms with van der Waals surface area (Å²) < 4.78 is 61.0. The van der Waals surface area contributed by atoms with Gasteiger partial charge in [0.1, 0.15) is 6.61 Å². The van der Waals surface area contributed by atoms with Crippen LogP contribution in [0.3, 0.4) is 0 Å². The van der Waals surface area contributed by atoms with Gasteiger partial charge in [0, 0.05) is 0 Å². The summed E-state index contributed by atoms with van der Waals surface area (Å²) in [4.78, 5) is 0. The molecule has 0 amide bonds. The van der Waals surface area contributed by atoms with E-state index >= 15 is 0 Å². The average Bonchev–Trinajstić information content (AvgIpc) is 2.35. The molecule has 0 aromatic rings. The zero-order valence-electron chi connectivity index (χ0n) is 13.2. The second kappa shape index (κ2) is 6.32. The van der Waals surface area contributed by atoms with Crippen molar-refractivity contribution >= 4 is 10.1 Å². The molecule has 0 aliphatic heterocycles. The van der Waals surface area contributed by atoms with Gasteiger partial charge in [0.15, 0.2) is 0 Å². The quantitative estimate of drug-likeness (QED) is 0.749. The van der Waals surface area contributed by atoms with Gasteiger partial charge < -0.3 is 4.74 Å². The largest absolute Gasteiger partial charge is 0.392 e. The van der Waals surface area contributed by atoms with E-state index in [4.69, 9.17) is 9.29 Å². The first-order valence-corrected chi connectivity index (χ1v) is 9.41. The Hall–Kier alpha value is -0.270. The maximum atomic E-state index is 13.2. The maximum absolute atomic E-state index is 13.2. The van der Waals surface area contributed by atoms with Crippen LogP contribution in [-0.4, -0.2) is 31.4 Å². The molecule has 2 aliphatic carbocycles. The Bertz CT molecular complexity index is 478. The topological polar surface area (TPSA) is 63.6 Å². The second-order valence-corrected chi connectivity index (χ2v) is 9.08. The lowest BCUT2D eigenvalue weighted by Crippen LogP contribution is -2.41. The van der Waals surface area contributed by atoms with Crippen LogP contribution in [0.2, 0.25) is 0 Å². The van der Waals surface area contributed by atoms with Crippen molar-refractivity contribution in [3.05, 3.63) is 0 Å². The van der Waals surface area contributed by atoms with Crippen LogP contribution in [0.1, 0.15) is 52.4 Å². The summed E-state index contributed by atoms with van der Waals surface area (Å²) in [6.45, 7) is 3.08. The Morgan fingerprint density at radius 2 is 1.77 bits per heavy atom. The van der Waals surface area contributed by atoms with Gasteiger partial charge in [-0.15, -0.1) is 0 Å². The van der Waals surface area contributed by atoms with Crippen molar-refractivity contribution in [2.45, 2.75) is 57.6 Å². The zero-order valence-corrected chi connectivity index (χ0v) is 14.0. The third kappa shape index (κ3) is 4.17. The van der Waals surface area contributed by atoms with E-state index in [9.17, 15) is 17.2 Å². The van der Waals surface area contributed by atoms with Crippen LogP contribution < -0.4 is 0 Å². The van der Waals surface area contributed by atoms with Crippen LogP contribution in [0.4, 0.5) is 8.78 Å². The summed E-state index contributed by atoms with van der Waals surface area (Å²) in [7, 11) is -5.41. The number of fused-ring (bicyclic) bond motifs is 2. The predicted molar refractivity (Wildman–Crippen MR) is 79.3 cm³/mol. The summed E-state index contributed by atoms with van der Waals surface area (Å²) in [5.74, 6) is 2.01. The lowest BCUT2D eigenvalue weighted by molar-refractivity contribution is -0.0701. The summed E-state index contributed by atoms with van der Waals surface area (Å²) >= 11 is 0. The van der Waals surface area contributed by atoms with E-state index in [0.717, 1.165) is 18.8 Å². The number of hydrogen-bond donors (Lipinski definition) is 1. The van der Waals surface area contributed by atoms with Crippen LogP contribution in [0.15, 0.2) is 0 Å². The van der Waals surface area contributed by atoms with Gasteiger partial charge in [-0.05, 0) is 55.3 Å². The first-order valence-electron chi connectivity index (χ1n) is 7.97. The normalized spacial score (nSPS) is 36.3. The Morgan fingerprint density at radius 3 is 2.23 bits per heavy atom. The SMILES string of the molecule is CCC1CC2CC(C1)CC(C)(COCC(F)(F)S(=O)(=O)O)C2. The highest BCUT2D eigenvalue weighted by Crippen LogP contribution is 2.51. The Labute approximate surface area is 131 Å². The van der Waals surface area contributed by atoms with Crippen LogP contribution in [0.25, 0.3) is 0 Å². The number of ether oxygens (including phenoxy) is 1. The number of alkyl halides is 2. The van der Waals surface area contributed by atoms with Crippen molar-refractivity contribution in [1.82, 2.24) is 0 Å². The molecule has 130 valence electrons. The first-order chi connectivity index (χ1) is 10.0. The van der Waals surface area contributed by atoms with Crippen LogP contribution >= 0.6 is 0 Å². The molecule has 2 atom stereocenters. The Morgan fingerprint density at radius 1 is 1.23 bits per heavy atom. The molecule has 0 saturated heterocycles. The fourth-order valence-corrected chi connectivity index (χ4v) is 4.69. The van der Waals surface area contributed by atoms with Crippen LogP contribution in [-0.2, 0) is 14.9 Å². The molecular weight excluding hydrogens is 314 g/mol. The number of hydrogen-bond acceptors (Lipinski definition) is 3. The van der Waals surface area contributed by atoms with Gasteiger partial charge in [-0.25, -0.2) is 0 Å². The number of halogens is 2. The van der Waals surface area contributed by atoms with Crippen molar-refractivity contribution in [2.75, 3.05) is 13.2 Å². The van der Waals surface area contributed by atoms with E-state index in [1.165, 1.54) is 25.7 Å². The maximum Gasteiger partial charge on any atom is 0.392 e. The predicted octanol–water partition coefficient (Wildman–Crippen LogP) is 3.73. The van der Waals surface area contributed by atoms with Gasteiger partial charge in [-0.1, -0.05) is 20.3 Å². The molecule has 2 aliphatic rings. The fraction of sp³-hybridized carbons (Fsp3) is 1.00. The van der Waals surface area contributed by atoms with Gasteiger partial charge >= 0.3 is 15.4 Å². The number of rotatable bonds is 6. The van der Waals surface area contributed by atoms with Crippen molar-refractivity contribution in [3.63, 3.8) is 0 Å². The van der Waals surface area contributed by atoms with Gasteiger partial charge in [-0.2, -0.15) is 17.2 Å². The first kappa shape index (κ1) is 18.1. The zero-order chi connectivity index (χ0) is 16.6. The molecule has 22 heavy (non-hydrogen) atoms. The molecule has 2 bridgehead atoms. The van der Waals surface area contributed by atoms with E-state index in [1.807, 2.05) is 6.92 Å². The molecule has 0 spiro atoms. The van der Waals surface area contributed by atoms with Crippen molar-refractivity contribution in [1.29, 1.82) is 0 Å². The van der Waals surface area contributed by atoms with E-state index in [0.29, 0.717) is 11.8 Å². The third-order valence-electron chi connectivity index (χ3n) is 5.24. The summed E-state index contributed by atoms with van der Waals surface area (Å²) in [5.41, 5.74) is -0.179. The molecular formula is C15H26F2O4S. The monoisotopic (exact) mass is 340 g/mol. The minimum atomic E-state index is -5.41. The standard InChI is InChI=1S/C15H26F2O4S/c1-3-11-4-12-6-13(5-11)8-14(2,7-12)9-21-10-15(16,17)22(18,19)20/h11-13H,3-10H2,1-2H3,(H,18,19,20). The molecule has 0 aromatic heterocycles. The van der Waals surface area contributed by atoms with Crippen molar-refractivity contribution in [3.8, 4) is 0 Å². The fourth-order valence-electron chi connectivity index (χ4n) is 4.46. The second-order valence-electron chi connectivity index (χ2n) is 7.54. The van der Waals surface area contributed by atoms with E-state index in [1.54, 1.807) is 0 Å². The van der Waals surface area contributed by atoms with Crippen molar-refractivity contribution < 1.29 is 26.5 Å². The molecule has 2 rings (SSSR count). The lowest BCUT2D eigenvalue weighted by Gasteiger charge is -2.47. The molecule has 2 saturated carbocycles. The third-order valence-corrected chi connectivity index (χ3v) is 6.11. The van der Waals surface area contributed by atoms with E-state index < -0.39 is 22.0 Å². The molecule has 2 unspecified atom stereocenters. The minimum Gasteiger partial charge on any atom is -0.373 e. The van der Waals surface area contributed by atoms with Gasteiger partial charge in [0.05, 0.1) is 6.61 Å². The van der Waals surface area contributed by atoms with Crippen LogP contribution in [0, 0.1) is 23.2 Å². The van der Waals surface area contributed by atoms with Gasteiger partial charge in [0.2, 0.25) is 0 Å². The molecule has 4 nitrogen and oxygen atoms in total. The Kier molecular flexibility index (Phi) is 5.19. The average molecular weight is 340 g/mol. The lowest BCUT2D eigenvalue weighted by atomic mass is 9.59. The minimum absolute atomic E-state index is 0.113. The summed E-state index contributed by atoms with van der Waals surface area (Å²) in [6.07, 6.45) is 6.69. The van der Waals surface area contributed by atoms with E-state index in [2.05, 4.69) is 6.92 Å². The molecule has 7 heteroatoms. The summed E-state index contributed by atoms with van der Waals surface area (Å²) in [6, 6.07) is 0. The Balaban J connectivity index is 1.89. The molecule has 1 N–H and O–H groups in total. The van der Waals surface area contributed by atoms with Crippen LogP contribution in [0.5, 0.6) is 0 Å². The van der Waals surface area contributed by atoms with E-state index in [-0.39, 0.29) is 12.0 Å². The van der Waals surface area contributed by atoms with Gasteiger partial charge in [-0.3, -0.25) is 4.55 Å². The highest BCUT2D eigenvalue weighted by atomic mass is 32.2. The van der Waals surface area contributed by atoms with Crippen molar-refractivity contribution in [2.24, 2.45) is 23.2 Å². The smallest absolute Gasteiger partial charge is 0.373 e. The highest BCUT2D eigenvalue weighted by molar-refractivity contribution is 7.86.